The molecule has 1 aromatic rings. The van der Waals surface area contributed by atoms with Crippen LogP contribution >= 0.6 is 0 Å². The number of unbranched alkanes of at least 4 members (excludes halogenated alkanes) is 9. The molecule has 30 heavy (non-hydrogen) atoms. The Labute approximate surface area is 180 Å². The first-order valence-electron chi connectivity index (χ1n) is 11.3. The average molecular weight is 417 g/mol. The fourth-order valence-electron chi connectivity index (χ4n) is 3.38. The summed E-state index contributed by atoms with van der Waals surface area (Å²) in [5, 5.41) is 0. The summed E-state index contributed by atoms with van der Waals surface area (Å²) in [5.41, 5.74) is 0.609. The minimum absolute atomic E-state index is 0.103. The zero-order valence-electron chi connectivity index (χ0n) is 18.7. The third-order valence-electron chi connectivity index (χ3n) is 5.07. The van der Waals surface area contributed by atoms with E-state index in [1.165, 1.54) is 77.7 Å². The predicted molar refractivity (Wildman–Crippen MR) is 118 cm³/mol. The highest BCUT2D eigenvalue weighted by molar-refractivity contribution is 6.18. The number of carbonyl (C=O) groups excluding carboxylic acids is 2. The Bertz CT molecular complexity index is 681. The van der Waals surface area contributed by atoms with E-state index in [2.05, 4.69) is 6.92 Å². The lowest BCUT2D eigenvalue weighted by molar-refractivity contribution is -0.222. The highest BCUT2D eigenvalue weighted by Crippen LogP contribution is 2.24. The van der Waals surface area contributed by atoms with Crippen LogP contribution in [0.25, 0.3) is 6.08 Å². The second-order valence-electron chi connectivity index (χ2n) is 8.34. The lowest BCUT2D eigenvalue weighted by atomic mass is 10.1. The van der Waals surface area contributed by atoms with E-state index in [-0.39, 0.29) is 5.57 Å². The van der Waals surface area contributed by atoms with Gasteiger partial charge in [-0.2, -0.15) is 0 Å². The van der Waals surface area contributed by atoms with Crippen LogP contribution in [-0.2, 0) is 19.1 Å². The molecule has 0 radical (unpaired) electrons. The number of carbonyl (C=O) groups is 2. The van der Waals surface area contributed by atoms with Crippen molar-refractivity contribution in [1.82, 2.24) is 0 Å². The van der Waals surface area contributed by atoms with Crippen molar-refractivity contribution in [2.24, 2.45) is 0 Å². The van der Waals surface area contributed by atoms with Crippen LogP contribution in [0.4, 0.5) is 0 Å². The van der Waals surface area contributed by atoms with Gasteiger partial charge in [-0.1, -0.05) is 76.8 Å². The summed E-state index contributed by atoms with van der Waals surface area (Å²) in [6, 6.07) is 7.29. The number of rotatable bonds is 13. The summed E-state index contributed by atoms with van der Waals surface area (Å²) in [5.74, 6) is -1.78. The zero-order chi connectivity index (χ0) is 21.8. The van der Waals surface area contributed by atoms with Crippen LogP contribution in [0.5, 0.6) is 5.75 Å². The second-order valence-corrected chi connectivity index (χ2v) is 8.34. The van der Waals surface area contributed by atoms with Crippen LogP contribution in [0.15, 0.2) is 29.8 Å². The van der Waals surface area contributed by atoms with Gasteiger partial charge in [-0.05, 0) is 30.2 Å². The van der Waals surface area contributed by atoms with Crippen molar-refractivity contribution in [2.75, 3.05) is 6.61 Å². The Hall–Kier alpha value is -2.30. The predicted octanol–water partition coefficient (Wildman–Crippen LogP) is 6.21. The molecule has 0 atom stereocenters. The molecule has 0 amide bonds. The van der Waals surface area contributed by atoms with E-state index in [1.807, 2.05) is 12.1 Å². The minimum atomic E-state index is -1.22. The number of hydrogen-bond donors (Lipinski definition) is 0. The third-order valence-corrected chi connectivity index (χ3v) is 5.07. The van der Waals surface area contributed by atoms with Crippen molar-refractivity contribution < 1.29 is 23.8 Å². The van der Waals surface area contributed by atoms with Gasteiger partial charge in [-0.25, -0.2) is 9.59 Å². The molecule has 0 N–H and O–H groups in total. The molecule has 0 saturated carbocycles. The molecule has 1 heterocycles. The summed E-state index contributed by atoms with van der Waals surface area (Å²) in [4.78, 5) is 24.0. The number of ether oxygens (including phenoxy) is 3. The highest BCUT2D eigenvalue weighted by Gasteiger charge is 2.38. The van der Waals surface area contributed by atoms with Gasteiger partial charge in [0.25, 0.3) is 5.79 Å². The molecule has 5 heteroatoms. The number of esters is 2. The molecule has 1 fully saturated rings. The Morgan fingerprint density at radius 3 is 1.83 bits per heavy atom. The normalized spacial score (nSPS) is 15.5. The molecule has 0 aromatic heterocycles. The standard InChI is InChI=1S/C25H36O5/c1-4-5-6-7-8-9-10-11-12-13-18-28-21-16-14-20(15-17-21)19-22-23(26)29-25(2,3)30-24(22)27/h14-17,19H,4-13,18H2,1-3H3. The summed E-state index contributed by atoms with van der Waals surface area (Å²) >= 11 is 0. The monoisotopic (exact) mass is 416 g/mol. The highest BCUT2D eigenvalue weighted by atomic mass is 16.7. The maximum atomic E-state index is 12.0. The lowest BCUT2D eigenvalue weighted by Gasteiger charge is -2.29. The first-order valence-corrected chi connectivity index (χ1v) is 11.3. The van der Waals surface area contributed by atoms with E-state index in [0.29, 0.717) is 12.2 Å². The van der Waals surface area contributed by atoms with E-state index in [0.717, 1.165) is 12.2 Å². The van der Waals surface area contributed by atoms with Gasteiger partial charge in [0.05, 0.1) is 6.61 Å². The molecule has 0 unspecified atom stereocenters. The second kappa shape index (κ2) is 12.4. The molecule has 2 rings (SSSR count). The molecule has 1 aliphatic heterocycles. The molecule has 0 spiro atoms. The fourth-order valence-corrected chi connectivity index (χ4v) is 3.38. The van der Waals surface area contributed by atoms with Gasteiger partial charge in [0.1, 0.15) is 11.3 Å². The molecule has 1 saturated heterocycles. The largest absolute Gasteiger partial charge is 0.494 e. The van der Waals surface area contributed by atoms with E-state index < -0.39 is 17.7 Å². The molecular weight excluding hydrogens is 380 g/mol. The van der Waals surface area contributed by atoms with Crippen molar-refractivity contribution in [3.8, 4) is 5.75 Å². The van der Waals surface area contributed by atoms with E-state index in [1.54, 1.807) is 12.1 Å². The molecule has 0 bridgehead atoms. The lowest BCUT2D eigenvalue weighted by Crippen LogP contribution is -2.41. The average Bonchev–Trinajstić information content (AvgIpc) is 2.69. The first-order chi connectivity index (χ1) is 14.4. The van der Waals surface area contributed by atoms with Gasteiger partial charge in [-0.3, -0.25) is 0 Å². The smallest absolute Gasteiger partial charge is 0.348 e. The summed E-state index contributed by atoms with van der Waals surface area (Å²) in [7, 11) is 0. The Kier molecular flexibility index (Phi) is 9.92. The molecule has 0 aliphatic carbocycles. The first kappa shape index (κ1) is 24.0. The van der Waals surface area contributed by atoms with Gasteiger partial charge in [0.15, 0.2) is 0 Å². The minimum Gasteiger partial charge on any atom is -0.494 e. The Morgan fingerprint density at radius 1 is 0.800 bits per heavy atom. The zero-order valence-corrected chi connectivity index (χ0v) is 18.7. The maximum Gasteiger partial charge on any atom is 0.348 e. The molecule has 1 aliphatic rings. The van der Waals surface area contributed by atoms with Gasteiger partial charge < -0.3 is 14.2 Å². The van der Waals surface area contributed by atoms with Crippen molar-refractivity contribution in [2.45, 2.75) is 90.8 Å². The third kappa shape index (κ3) is 8.60. The number of hydrogen-bond acceptors (Lipinski definition) is 5. The summed E-state index contributed by atoms with van der Waals surface area (Å²) < 4.78 is 16.0. The Morgan fingerprint density at radius 2 is 1.30 bits per heavy atom. The van der Waals surface area contributed by atoms with Crippen molar-refractivity contribution in [1.29, 1.82) is 0 Å². The van der Waals surface area contributed by atoms with Crippen LogP contribution in [0, 0.1) is 0 Å². The van der Waals surface area contributed by atoms with Crippen LogP contribution in [0.2, 0.25) is 0 Å². The summed E-state index contributed by atoms with van der Waals surface area (Å²) in [6.45, 7) is 6.01. The van der Waals surface area contributed by atoms with Gasteiger partial charge in [0, 0.05) is 13.8 Å². The van der Waals surface area contributed by atoms with Gasteiger partial charge in [0.2, 0.25) is 0 Å². The molecule has 166 valence electrons. The summed E-state index contributed by atoms with van der Waals surface area (Å²) in [6.07, 6.45) is 14.5. The number of benzene rings is 1. The molecular formula is C25H36O5. The Balaban J connectivity index is 1.64. The topological polar surface area (TPSA) is 61.8 Å². The van der Waals surface area contributed by atoms with Crippen molar-refractivity contribution in [3.05, 3.63) is 35.4 Å². The van der Waals surface area contributed by atoms with Crippen molar-refractivity contribution in [3.63, 3.8) is 0 Å². The van der Waals surface area contributed by atoms with E-state index >= 15 is 0 Å². The van der Waals surface area contributed by atoms with Gasteiger partial charge >= 0.3 is 11.9 Å². The molecule has 5 nitrogen and oxygen atoms in total. The van der Waals surface area contributed by atoms with Gasteiger partial charge in [-0.15, -0.1) is 0 Å². The van der Waals surface area contributed by atoms with E-state index in [9.17, 15) is 9.59 Å². The van der Waals surface area contributed by atoms with Crippen LogP contribution in [-0.4, -0.2) is 24.3 Å². The number of cyclic esters (lactones) is 2. The van der Waals surface area contributed by atoms with Crippen LogP contribution in [0.3, 0.4) is 0 Å². The molecule has 1 aromatic carbocycles. The van der Waals surface area contributed by atoms with Crippen LogP contribution in [0.1, 0.15) is 90.5 Å². The van der Waals surface area contributed by atoms with E-state index in [4.69, 9.17) is 14.2 Å². The van der Waals surface area contributed by atoms with Crippen LogP contribution < -0.4 is 4.74 Å². The maximum absolute atomic E-state index is 12.0. The fraction of sp³-hybridized carbons (Fsp3) is 0.600. The van der Waals surface area contributed by atoms with Crippen molar-refractivity contribution >= 4 is 18.0 Å². The SMILES string of the molecule is CCCCCCCCCCCCOc1ccc(C=C2C(=O)OC(C)(C)OC2=O)cc1. The quantitative estimate of drug-likeness (QED) is 0.166.